The Labute approximate surface area is 265 Å². The molecule has 1 aromatic heterocycles. The molecule has 1 heterocycles. The van der Waals surface area contributed by atoms with Crippen LogP contribution in [-0.4, -0.2) is 46.7 Å². The van der Waals surface area contributed by atoms with Gasteiger partial charge in [0.15, 0.2) is 0 Å². The quantitative estimate of drug-likeness (QED) is 0.208. The first kappa shape index (κ1) is 31.1. The molecule has 45 heavy (non-hydrogen) atoms. The average Bonchev–Trinajstić information content (AvgIpc) is 3.40. The number of benzene rings is 2. The molecule has 1 unspecified atom stereocenters. The van der Waals surface area contributed by atoms with Gasteiger partial charge in [-0.25, -0.2) is 4.79 Å². The van der Waals surface area contributed by atoms with Crippen LogP contribution in [0.2, 0.25) is 0 Å². The third-order valence-electron chi connectivity index (χ3n) is 10.3. The summed E-state index contributed by atoms with van der Waals surface area (Å²) in [5.41, 5.74) is 3.69. The highest BCUT2D eigenvalue weighted by atomic mass is 16.6. The minimum absolute atomic E-state index is 0.0588. The maximum Gasteiger partial charge on any atom is 0.408 e. The number of amides is 2. The number of carbonyl (C=O) groups is 3. The molecule has 4 aliphatic carbocycles. The Morgan fingerprint density at radius 1 is 0.911 bits per heavy atom. The Kier molecular flexibility index (Phi) is 9.11. The Bertz CT molecular complexity index is 1560. The predicted molar refractivity (Wildman–Crippen MR) is 176 cm³/mol. The first-order valence-corrected chi connectivity index (χ1v) is 16.5. The van der Waals surface area contributed by atoms with E-state index in [1.807, 2.05) is 61.7 Å². The number of hydrogen-bond acceptors (Lipinski definition) is 5. The second-order valence-electron chi connectivity index (χ2n) is 14.0. The van der Waals surface area contributed by atoms with E-state index in [2.05, 4.69) is 20.6 Å². The minimum Gasteiger partial charge on any atom is -0.446 e. The fourth-order valence-electron chi connectivity index (χ4n) is 8.38. The summed E-state index contributed by atoms with van der Waals surface area (Å²) in [6.07, 6.45) is 8.60. The number of aliphatic imine (C=N–C) groups is 1. The zero-order chi connectivity index (χ0) is 31.6. The van der Waals surface area contributed by atoms with Crippen molar-refractivity contribution in [3.63, 3.8) is 0 Å². The van der Waals surface area contributed by atoms with E-state index in [1.54, 1.807) is 13.8 Å². The van der Waals surface area contributed by atoms with Crippen molar-refractivity contribution in [1.29, 1.82) is 0 Å². The number of carbonyl (C=O) groups excluding carboxylic acids is 3. The first-order chi connectivity index (χ1) is 21.7. The lowest BCUT2D eigenvalue weighted by molar-refractivity contribution is -0.127. The number of aromatic amines is 1. The monoisotopic (exact) mass is 610 g/mol. The number of para-hydroxylation sites is 1. The number of nitrogens with zero attached hydrogens (tertiary/aromatic N) is 1. The molecule has 1 atom stereocenters. The lowest BCUT2D eigenvalue weighted by Crippen LogP contribution is -2.60. The van der Waals surface area contributed by atoms with Crippen molar-refractivity contribution < 1.29 is 19.1 Å². The van der Waals surface area contributed by atoms with Gasteiger partial charge in [0, 0.05) is 42.2 Å². The summed E-state index contributed by atoms with van der Waals surface area (Å²) >= 11 is 0. The third-order valence-corrected chi connectivity index (χ3v) is 10.3. The van der Waals surface area contributed by atoms with Gasteiger partial charge in [-0.15, -0.1) is 0 Å². The molecule has 3 aromatic rings. The fraction of sp³-hybridized carbons (Fsp3) is 0.514. The Hall–Kier alpha value is -3.94. The van der Waals surface area contributed by atoms with Gasteiger partial charge in [0.1, 0.15) is 17.4 Å². The molecule has 4 fully saturated rings. The van der Waals surface area contributed by atoms with Crippen molar-refractivity contribution in [2.24, 2.45) is 28.7 Å². The summed E-state index contributed by atoms with van der Waals surface area (Å²) in [5.74, 6) is 2.30. The van der Waals surface area contributed by atoms with Crippen LogP contribution in [0, 0.1) is 23.7 Å². The van der Waals surface area contributed by atoms with Crippen LogP contribution in [-0.2, 0) is 33.7 Å². The minimum atomic E-state index is -1.22. The second kappa shape index (κ2) is 13.2. The molecule has 8 heteroatoms. The van der Waals surface area contributed by atoms with E-state index in [0.717, 1.165) is 70.8 Å². The van der Waals surface area contributed by atoms with Crippen molar-refractivity contribution in [1.82, 2.24) is 15.6 Å². The maximum absolute atomic E-state index is 13.9. The third kappa shape index (κ3) is 7.15. The molecule has 0 radical (unpaired) electrons. The maximum atomic E-state index is 13.9. The van der Waals surface area contributed by atoms with Crippen LogP contribution in [0.15, 0.2) is 59.7 Å². The normalized spacial score (nSPS) is 25.1. The summed E-state index contributed by atoms with van der Waals surface area (Å²) in [4.78, 5) is 46.8. The first-order valence-electron chi connectivity index (χ1n) is 16.5. The van der Waals surface area contributed by atoms with Gasteiger partial charge in [-0.05, 0) is 106 Å². The molecular formula is C37H46N4O4. The van der Waals surface area contributed by atoms with Crippen molar-refractivity contribution in [3.05, 3.63) is 71.4 Å². The zero-order valence-electron chi connectivity index (χ0n) is 26.7. The molecule has 2 aromatic carbocycles. The highest BCUT2D eigenvalue weighted by Gasteiger charge is 2.50. The van der Waals surface area contributed by atoms with Gasteiger partial charge in [0.2, 0.25) is 5.91 Å². The number of rotatable bonds is 12. The van der Waals surface area contributed by atoms with Crippen LogP contribution in [0.4, 0.5) is 4.79 Å². The topological polar surface area (TPSA) is 113 Å². The second-order valence-corrected chi connectivity index (χ2v) is 14.0. The molecule has 0 saturated heterocycles. The molecule has 4 saturated carbocycles. The molecule has 8 nitrogen and oxygen atoms in total. The summed E-state index contributed by atoms with van der Waals surface area (Å²) < 4.78 is 6.17. The Morgan fingerprint density at radius 3 is 2.29 bits per heavy atom. The summed E-state index contributed by atoms with van der Waals surface area (Å²) in [7, 11) is 0. The van der Waals surface area contributed by atoms with Crippen LogP contribution < -0.4 is 10.6 Å². The highest BCUT2D eigenvalue weighted by molar-refractivity contribution is 5.99. The molecule has 4 aliphatic rings. The fourth-order valence-corrected chi connectivity index (χ4v) is 8.38. The van der Waals surface area contributed by atoms with Crippen LogP contribution in [0.1, 0.15) is 76.0 Å². The largest absolute Gasteiger partial charge is 0.446 e. The van der Waals surface area contributed by atoms with Crippen LogP contribution >= 0.6 is 0 Å². The van der Waals surface area contributed by atoms with E-state index < -0.39 is 11.6 Å². The lowest BCUT2D eigenvalue weighted by Gasteiger charge is -2.53. The molecule has 4 bridgehead atoms. The predicted octanol–water partition coefficient (Wildman–Crippen LogP) is 6.32. The van der Waals surface area contributed by atoms with E-state index in [4.69, 9.17) is 4.74 Å². The standard InChI is InChI=1S/C37H46N4O4/c1-23(14-24(2)42)39-21-28-9-5-4-8-27(28)12-13-38-35(43)37(3,20-31-22-40-33-11-7-6-10-32(31)33)41-36(44)45-34-29-16-25-15-26(18-29)19-30(34)17-25/h4-11,22,25-26,29-30,34,40H,12-21H2,1-3H3,(H,38,43)(H,41,44). The smallest absolute Gasteiger partial charge is 0.408 e. The molecule has 3 N–H and O–H groups in total. The van der Waals surface area contributed by atoms with E-state index in [-0.39, 0.29) is 17.8 Å². The van der Waals surface area contributed by atoms with Gasteiger partial charge in [0.05, 0.1) is 6.54 Å². The van der Waals surface area contributed by atoms with Crippen LogP contribution in [0.25, 0.3) is 10.9 Å². The molecule has 238 valence electrons. The number of nitrogens with one attached hydrogen (secondary N) is 3. The number of fused-ring (bicyclic) bond motifs is 1. The number of alkyl carbamates (subject to hydrolysis) is 1. The van der Waals surface area contributed by atoms with E-state index >= 15 is 0 Å². The van der Waals surface area contributed by atoms with Crippen molar-refractivity contribution in [2.75, 3.05) is 6.54 Å². The van der Waals surface area contributed by atoms with Gasteiger partial charge in [-0.2, -0.15) is 0 Å². The number of H-pyrrole nitrogens is 1. The number of Topliss-reactive ketones (excluding diaryl/α,β-unsaturated/α-hetero) is 1. The zero-order valence-corrected chi connectivity index (χ0v) is 26.7. The molecule has 0 spiro atoms. The van der Waals surface area contributed by atoms with Crippen LogP contribution in [0.5, 0.6) is 0 Å². The van der Waals surface area contributed by atoms with Gasteiger partial charge in [0.25, 0.3) is 0 Å². The van der Waals surface area contributed by atoms with E-state index in [0.29, 0.717) is 44.2 Å². The Balaban J connectivity index is 1.14. The molecule has 7 rings (SSSR count). The summed E-state index contributed by atoms with van der Waals surface area (Å²) in [6.45, 7) is 6.13. The number of ether oxygens (including phenoxy) is 1. The van der Waals surface area contributed by atoms with Crippen molar-refractivity contribution >= 4 is 34.4 Å². The van der Waals surface area contributed by atoms with Gasteiger partial charge in [-0.3, -0.25) is 14.6 Å². The highest BCUT2D eigenvalue weighted by Crippen LogP contribution is 2.54. The Morgan fingerprint density at radius 2 is 1.58 bits per heavy atom. The van der Waals surface area contributed by atoms with E-state index in [9.17, 15) is 14.4 Å². The van der Waals surface area contributed by atoms with E-state index in [1.165, 1.54) is 6.42 Å². The molecular weight excluding hydrogens is 564 g/mol. The number of hydrogen-bond donors (Lipinski definition) is 3. The van der Waals surface area contributed by atoms with Crippen molar-refractivity contribution in [3.8, 4) is 0 Å². The van der Waals surface area contributed by atoms with Gasteiger partial charge >= 0.3 is 6.09 Å². The molecule has 2 amide bonds. The summed E-state index contributed by atoms with van der Waals surface area (Å²) in [6, 6.07) is 16.0. The SMILES string of the molecule is CC(=O)CC(C)=NCc1ccccc1CCNC(=O)C(C)(Cc1c[nH]c2ccccc12)NC(=O)OC1C2CC3CC(C2)CC1C3. The van der Waals surface area contributed by atoms with Crippen molar-refractivity contribution in [2.45, 2.75) is 90.3 Å². The van der Waals surface area contributed by atoms with Gasteiger partial charge < -0.3 is 20.4 Å². The van der Waals surface area contributed by atoms with Crippen LogP contribution in [0.3, 0.4) is 0 Å². The molecule has 0 aliphatic heterocycles. The number of ketones is 1. The number of aromatic nitrogens is 1. The average molecular weight is 611 g/mol. The lowest BCUT2D eigenvalue weighted by atomic mass is 9.55. The summed E-state index contributed by atoms with van der Waals surface area (Å²) in [5, 5.41) is 7.17. The van der Waals surface area contributed by atoms with Gasteiger partial charge in [-0.1, -0.05) is 42.5 Å².